The number of benzene rings is 2. The smallest absolute Gasteiger partial charge is 0.416 e. The normalized spacial score (nSPS) is 12.0. The Labute approximate surface area is 188 Å². The first-order valence-corrected chi connectivity index (χ1v) is 10.2. The maximum atomic E-state index is 13.0. The summed E-state index contributed by atoms with van der Waals surface area (Å²) in [5.41, 5.74) is -2.98. The minimum Gasteiger partial charge on any atom is -0.497 e. The maximum absolute atomic E-state index is 13.0. The number of hydrogen-bond acceptors (Lipinski definition) is 5. The van der Waals surface area contributed by atoms with Gasteiger partial charge in [0.2, 0.25) is 5.91 Å². The van der Waals surface area contributed by atoms with Gasteiger partial charge in [-0.1, -0.05) is 11.8 Å². The molecule has 0 saturated heterocycles. The van der Waals surface area contributed by atoms with Crippen LogP contribution in [0.1, 0.15) is 17.0 Å². The highest BCUT2D eigenvalue weighted by atomic mass is 32.2. The molecule has 0 radical (unpaired) electrons. The first-order chi connectivity index (χ1) is 15.4. The van der Waals surface area contributed by atoms with Gasteiger partial charge in [0, 0.05) is 11.4 Å². The highest BCUT2D eigenvalue weighted by molar-refractivity contribution is 7.99. The second kappa shape index (κ2) is 9.33. The van der Waals surface area contributed by atoms with Crippen molar-refractivity contribution in [3.8, 4) is 11.4 Å². The van der Waals surface area contributed by atoms with Crippen molar-refractivity contribution in [3.63, 3.8) is 0 Å². The third kappa shape index (κ3) is 5.97. The van der Waals surface area contributed by atoms with Gasteiger partial charge in [-0.25, -0.2) is 0 Å². The minimum absolute atomic E-state index is 0.00941. The van der Waals surface area contributed by atoms with Crippen molar-refractivity contribution in [2.75, 3.05) is 18.2 Å². The molecule has 0 fully saturated rings. The molecule has 13 heteroatoms. The van der Waals surface area contributed by atoms with Gasteiger partial charge in [0.05, 0.1) is 24.0 Å². The molecule has 3 aromatic rings. The van der Waals surface area contributed by atoms with Crippen LogP contribution in [0.5, 0.6) is 5.75 Å². The number of aromatic nitrogens is 3. The Morgan fingerprint density at radius 2 is 1.58 bits per heavy atom. The Morgan fingerprint density at radius 1 is 1.00 bits per heavy atom. The zero-order valence-corrected chi connectivity index (χ0v) is 17.9. The zero-order chi connectivity index (χ0) is 24.4. The number of hydrogen-bond donors (Lipinski definition) is 1. The molecule has 1 heterocycles. The number of nitrogens with one attached hydrogen (secondary N) is 1. The van der Waals surface area contributed by atoms with Crippen LogP contribution in [0.2, 0.25) is 0 Å². The predicted molar refractivity (Wildman–Crippen MR) is 108 cm³/mol. The van der Waals surface area contributed by atoms with Crippen molar-refractivity contribution in [3.05, 3.63) is 59.4 Å². The maximum Gasteiger partial charge on any atom is 0.416 e. The summed E-state index contributed by atoms with van der Waals surface area (Å²) in [4.78, 5) is 12.3. The summed E-state index contributed by atoms with van der Waals surface area (Å²) >= 11 is 0.921. The van der Waals surface area contributed by atoms with Crippen LogP contribution in [0.4, 0.5) is 32.0 Å². The first-order valence-electron chi connectivity index (χ1n) is 9.17. The summed E-state index contributed by atoms with van der Waals surface area (Å²) in [5.74, 6) is -0.00571. The van der Waals surface area contributed by atoms with E-state index in [-0.39, 0.29) is 11.8 Å². The van der Waals surface area contributed by atoms with Crippen molar-refractivity contribution in [1.29, 1.82) is 0 Å². The van der Waals surface area contributed by atoms with Gasteiger partial charge >= 0.3 is 12.4 Å². The highest BCUT2D eigenvalue weighted by Gasteiger charge is 2.37. The first kappa shape index (κ1) is 24.4. The molecule has 0 saturated carbocycles. The predicted octanol–water partition coefficient (Wildman–Crippen LogP) is 5.35. The van der Waals surface area contributed by atoms with Gasteiger partial charge in [-0.15, -0.1) is 10.2 Å². The Bertz CT molecular complexity index is 1110. The van der Waals surface area contributed by atoms with Crippen LogP contribution in [-0.4, -0.2) is 33.5 Å². The third-order valence-corrected chi connectivity index (χ3v) is 5.26. The largest absolute Gasteiger partial charge is 0.497 e. The van der Waals surface area contributed by atoms with Crippen molar-refractivity contribution < 1.29 is 35.9 Å². The molecule has 2 aromatic carbocycles. The molecule has 1 aromatic heterocycles. The summed E-state index contributed by atoms with van der Waals surface area (Å²) in [7, 11) is 1.51. The van der Waals surface area contributed by atoms with Gasteiger partial charge in [0.1, 0.15) is 11.6 Å². The fourth-order valence-electron chi connectivity index (χ4n) is 2.82. The lowest BCUT2D eigenvalue weighted by Gasteiger charge is -2.14. The van der Waals surface area contributed by atoms with E-state index in [1.807, 2.05) is 0 Å². The fraction of sp³-hybridized carbons (Fsp3) is 0.250. The van der Waals surface area contributed by atoms with Gasteiger partial charge < -0.3 is 10.1 Å². The molecule has 3 rings (SSSR count). The number of aryl methyl sites for hydroxylation is 1. The average molecular weight is 490 g/mol. The summed E-state index contributed by atoms with van der Waals surface area (Å²) in [6.45, 7) is 1.68. The summed E-state index contributed by atoms with van der Waals surface area (Å²) in [5, 5.41) is 10.3. The number of nitrogens with zero attached hydrogens (tertiary/aromatic N) is 3. The molecule has 0 bridgehead atoms. The van der Waals surface area contributed by atoms with E-state index in [0.717, 1.165) is 11.8 Å². The fourth-order valence-corrected chi connectivity index (χ4v) is 3.62. The van der Waals surface area contributed by atoms with Crippen LogP contribution < -0.4 is 10.1 Å². The quantitative estimate of drug-likeness (QED) is 0.373. The summed E-state index contributed by atoms with van der Waals surface area (Å²) in [6.07, 6.45) is -10.0. The molecule has 6 nitrogen and oxygen atoms in total. The Hall–Kier alpha value is -3.22. The number of carbonyl (C=O) groups is 1. The number of rotatable bonds is 6. The highest BCUT2D eigenvalue weighted by Crippen LogP contribution is 2.37. The van der Waals surface area contributed by atoms with Crippen molar-refractivity contribution >= 4 is 23.4 Å². The number of methoxy groups -OCH3 is 1. The number of carbonyl (C=O) groups excluding carboxylic acids is 1. The molecule has 0 spiro atoms. The van der Waals surface area contributed by atoms with E-state index < -0.39 is 35.1 Å². The molecule has 0 atom stereocenters. The molecule has 1 amide bonds. The molecule has 1 N–H and O–H groups in total. The van der Waals surface area contributed by atoms with E-state index in [9.17, 15) is 31.1 Å². The number of thioether (sulfide) groups is 1. The Morgan fingerprint density at radius 3 is 2.09 bits per heavy atom. The number of alkyl halides is 6. The molecule has 0 aliphatic heterocycles. The molecular weight excluding hydrogens is 474 g/mol. The van der Waals surface area contributed by atoms with E-state index >= 15 is 0 Å². The van der Waals surface area contributed by atoms with Gasteiger partial charge in [0.25, 0.3) is 0 Å². The topological polar surface area (TPSA) is 69.0 Å². The molecule has 0 aliphatic carbocycles. The van der Waals surface area contributed by atoms with Crippen LogP contribution >= 0.6 is 11.8 Å². The molecule has 33 heavy (non-hydrogen) atoms. The lowest BCUT2D eigenvalue weighted by molar-refractivity contribution is -0.143. The Kier molecular flexibility index (Phi) is 6.91. The van der Waals surface area contributed by atoms with Gasteiger partial charge in [-0.05, 0) is 49.4 Å². The second-order valence-corrected chi connectivity index (χ2v) is 7.64. The number of amides is 1. The van der Waals surface area contributed by atoms with Crippen molar-refractivity contribution in [2.45, 2.75) is 24.4 Å². The molecule has 0 aliphatic rings. The van der Waals surface area contributed by atoms with Crippen LogP contribution in [0.15, 0.2) is 47.6 Å². The summed E-state index contributed by atoms with van der Waals surface area (Å²) < 4.78 is 84.7. The van der Waals surface area contributed by atoms with Gasteiger partial charge in [-0.2, -0.15) is 26.3 Å². The van der Waals surface area contributed by atoms with Crippen molar-refractivity contribution in [1.82, 2.24) is 14.8 Å². The lowest BCUT2D eigenvalue weighted by Crippen LogP contribution is -2.17. The zero-order valence-electron chi connectivity index (χ0n) is 17.1. The van der Waals surface area contributed by atoms with E-state index in [2.05, 4.69) is 15.5 Å². The summed E-state index contributed by atoms with van der Waals surface area (Å²) in [6, 6.07) is 7.78. The number of ether oxygens (including phenoxy) is 1. The van der Waals surface area contributed by atoms with Crippen LogP contribution in [0, 0.1) is 6.92 Å². The van der Waals surface area contributed by atoms with Crippen LogP contribution in [0.25, 0.3) is 5.69 Å². The van der Waals surface area contributed by atoms with E-state index in [4.69, 9.17) is 4.74 Å². The second-order valence-electron chi connectivity index (χ2n) is 6.69. The standard InChI is InChI=1S/C20H16F6N4O2S/c1-11-28-29-18(30(11)15-3-5-16(32-2)6-4-15)33-10-17(31)27-14-8-12(19(21,22)23)7-13(9-14)20(24,25)26/h3-9H,10H2,1-2H3,(H,27,31). The molecule has 0 unspecified atom stereocenters. The molecule has 176 valence electrons. The van der Waals surface area contributed by atoms with Crippen molar-refractivity contribution in [2.24, 2.45) is 0 Å². The number of anilines is 1. The molecular formula is C20H16F6N4O2S. The van der Waals surface area contributed by atoms with Crippen LogP contribution in [0.3, 0.4) is 0 Å². The minimum atomic E-state index is -5.01. The van der Waals surface area contributed by atoms with E-state index in [0.29, 0.717) is 34.6 Å². The lowest BCUT2D eigenvalue weighted by atomic mass is 10.1. The van der Waals surface area contributed by atoms with E-state index in [1.54, 1.807) is 35.8 Å². The van der Waals surface area contributed by atoms with Gasteiger partial charge in [-0.3, -0.25) is 9.36 Å². The van der Waals surface area contributed by atoms with Gasteiger partial charge in [0.15, 0.2) is 5.16 Å². The monoisotopic (exact) mass is 490 g/mol. The SMILES string of the molecule is COc1ccc(-n2c(C)nnc2SCC(=O)Nc2cc(C(F)(F)F)cc(C(F)(F)F)c2)cc1. The van der Waals surface area contributed by atoms with Crippen LogP contribution in [-0.2, 0) is 17.1 Å². The number of halogens is 6. The third-order valence-electron chi connectivity index (χ3n) is 4.33. The van der Waals surface area contributed by atoms with E-state index in [1.165, 1.54) is 7.11 Å². The Balaban J connectivity index is 1.76. The average Bonchev–Trinajstić information content (AvgIpc) is 3.11.